The molecule has 1 heteroatoms. The zero-order valence-corrected chi connectivity index (χ0v) is 14.8. The maximum atomic E-state index is 4.13. The molecular formula is C20H39N. The fraction of sp³-hybridized carbons (Fsp3) is 0.800. The minimum atomic E-state index is 1.11. The molecule has 21 heavy (non-hydrogen) atoms. The van der Waals surface area contributed by atoms with Gasteiger partial charge in [-0.05, 0) is 39.0 Å². The minimum absolute atomic E-state index is 1.11. The Morgan fingerprint density at radius 3 is 1.86 bits per heavy atom. The quantitative estimate of drug-likeness (QED) is 0.245. The second kappa shape index (κ2) is 15.7. The Hall–Kier alpha value is -0.720. The van der Waals surface area contributed by atoms with E-state index in [1.807, 2.05) is 0 Å². The number of unbranched alkanes of at least 4 members (excludes halogenated alkanes) is 9. The second-order valence-corrected chi connectivity index (χ2v) is 6.52. The molecule has 0 aromatic carbocycles. The number of rotatable bonds is 16. The molecule has 0 aliphatic carbocycles. The van der Waals surface area contributed by atoms with Gasteiger partial charge < -0.3 is 5.32 Å². The first kappa shape index (κ1) is 20.3. The van der Waals surface area contributed by atoms with E-state index in [0.717, 1.165) is 13.0 Å². The van der Waals surface area contributed by atoms with Crippen molar-refractivity contribution in [1.82, 2.24) is 5.32 Å². The van der Waals surface area contributed by atoms with Gasteiger partial charge in [0.05, 0.1) is 0 Å². The molecule has 0 aliphatic heterocycles. The van der Waals surface area contributed by atoms with Crippen molar-refractivity contribution in [1.29, 1.82) is 0 Å². The summed E-state index contributed by atoms with van der Waals surface area (Å²) in [4.78, 5) is 0. The summed E-state index contributed by atoms with van der Waals surface area (Å²) in [5.74, 6) is 0. The highest BCUT2D eigenvalue weighted by Crippen LogP contribution is 2.10. The molecule has 124 valence electrons. The van der Waals surface area contributed by atoms with Crippen molar-refractivity contribution in [2.45, 2.75) is 97.3 Å². The van der Waals surface area contributed by atoms with Gasteiger partial charge in [-0.3, -0.25) is 0 Å². The smallest absolute Gasteiger partial charge is 0.0143 e. The lowest BCUT2D eigenvalue weighted by atomic mass is 10.1. The van der Waals surface area contributed by atoms with Crippen molar-refractivity contribution >= 4 is 0 Å². The predicted molar refractivity (Wildman–Crippen MR) is 97.7 cm³/mol. The molecule has 0 atom stereocenters. The van der Waals surface area contributed by atoms with Crippen LogP contribution in [0.25, 0.3) is 0 Å². The molecule has 1 nitrogen and oxygen atoms in total. The molecule has 0 amide bonds. The van der Waals surface area contributed by atoms with Crippen LogP contribution in [0.3, 0.4) is 0 Å². The van der Waals surface area contributed by atoms with E-state index >= 15 is 0 Å². The van der Waals surface area contributed by atoms with Gasteiger partial charge in [0.2, 0.25) is 0 Å². The number of hydrogen-bond acceptors (Lipinski definition) is 1. The van der Waals surface area contributed by atoms with Gasteiger partial charge in [-0.25, -0.2) is 0 Å². The largest absolute Gasteiger partial charge is 0.389 e. The van der Waals surface area contributed by atoms with Gasteiger partial charge >= 0.3 is 0 Å². The molecule has 0 radical (unpaired) electrons. The van der Waals surface area contributed by atoms with Crippen LogP contribution in [0.1, 0.15) is 97.3 Å². The first-order valence-electron chi connectivity index (χ1n) is 9.22. The third-order valence-electron chi connectivity index (χ3n) is 3.99. The van der Waals surface area contributed by atoms with Gasteiger partial charge in [0.1, 0.15) is 0 Å². The summed E-state index contributed by atoms with van der Waals surface area (Å²) in [5, 5.41) is 3.49. The SMILES string of the molecule is C=C(C)CCCCCCCNC(=C)CCCCCCCC. The Morgan fingerprint density at radius 1 is 0.714 bits per heavy atom. The Morgan fingerprint density at radius 2 is 1.24 bits per heavy atom. The van der Waals surface area contributed by atoms with E-state index in [9.17, 15) is 0 Å². The Labute approximate surface area is 134 Å². The molecular weight excluding hydrogens is 254 g/mol. The Bertz CT molecular complexity index is 255. The monoisotopic (exact) mass is 293 g/mol. The zero-order valence-electron chi connectivity index (χ0n) is 14.8. The molecule has 0 aromatic rings. The van der Waals surface area contributed by atoms with Gasteiger partial charge in [-0.1, -0.05) is 70.4 Å². The van der Waals surface area contributed by atoms with Crippen molar-refractivity contribution in [3.8, 4) is 0 Å². The normalized spacial score (nSPS) is 10.6. The van der Waals surface area contributed by atoms with Crippen LogP contribution in [0.2, 0.25) is 0 Å². The molecule has 0 fully saturated rings. The summed E-state index contributed by atoms with van der Waals surface area (Å²) in [7, 11) is 0. The van der Waals surface area contributed by atoms with Gasteiger partial charge in [0, 0.05) is 12.2 Å². The summed E-state index contributed by atoms with van der Waals surface area (Å²) in [6.45, 7) is 13.6. The first-order chi connectivity index (χ1) is 10.2. The maximum Gasteiger partial charge on any atom is 0.0143 e. The van der Waals surface area contributed by atoms with Crippen molar-refractivity contribution in [3.63, 3.8) is 0 Å². The predicted octanol–water partition coefficient (Wildman–Crippen LogP) is 6.76. The van der Waals surface area contributed by atoms with E-state index in [0.29, 0.717) is 0 Å². The lowest BCUT2D eigenvalue weighted by Gasteiger charge is -2.09. The van der Waals surface area contributed by atoms with E-state index in [-0.39, 0.29) is 0 Å². The van der Waals surface area contributed by atoms with E-state index < -0.39 is 0 Å². The highest BCUT2D eigenvalue weighted by molar-refractivity contribution is 4.90. The van der Waals surface area contributed by atoms with Crippen molar-refractivity contribution in [2.24, 2.45) is 0 Å². The van der Waals surface area contributed by atoms with E-state index in [1.165, 1.54) is 88.3 Å². The third kappa shape index (κ3) is 17.2. The summed E-state index contributed by atoms with van der Waals surface area (Å²) in [5.41, 5.74) is 2.57. The highest BCUT2D eigenvalue weighted by Gasteiger charge is 1.96. The topological polar surface area (TPSA) is 12.0 Å². The lowest BCUT2D eigenvalue weighted by molar-refractivity contribution is 0.575. The molecule has 0 bridgehead atoms. The second-order valence-electron chi connectivity index (χ2n) is 6.52. The van der Waals surface area contributed by atoms with Crippen molar-refractivity contribution in [3.05, 3.63) is 24.4 Å². The molecule has 0 unspecified atom stereocenters. The molecule has 0 heterocycles. The number of hydrogen-bond donors (Lipinski definition) is 1. The van der Waals surface area contributed by atoms with E-state index in [1.54, 1.807) is 0 Å². The zero-order chi connectivity index (χ0) is 15.8. The average Bonchev–Trinajstić information content (AvgIpc) is 2.45. The molecule has 0 saturated heterocycles. The molecule has 0 rings (SSSR count). The summed E-state index contributed by atoms with van der Waals surface area (Å²) >= 11 is 0. The summed E-state index contributed by atoms with van der Waals surface area (Å²) in [6, 6.07) is 0. The summed E-state index contributed by atoms with van der Waals surface area (Å²) < 4.78 is 0. The number of nitrogens with one attached hydrogen (secondary N) is 1. The van der Waals surface area contributed by atoms with E-state index in [2.05, 4.69) is 32.3 Å². The first-order valence-corrected chi connectivity index (χ1v) is 9.22. The molecule has 1 N–H and O–H groups in total. The van der Waals surface area contributed by atoms with Gasteiger partial charge in [-0.2, -0.15) is 0 Å². The Kier molecular flexibility index (Phi) is 15.1. The summed E-state index contributed by atoms with van der Waals surface area (Å²) in [6.07, 6.45) is 17.2. The number of allylic oxidation sites excluding steroid dienone is 2. The van der Waals surface area contributed by atoms with Crippen LogP contribution < -0.4 is 5.32 Å². The fourth-order valence-corrected chi connectivity index (χ4v) is 2.55. The fourth-order valence-electron chi connectivity index (χ4n) is 2.55. The van der Waals surface area contributed by atoms with Gasteiger partial charge in [0.15, 0.2) is 0 Å². The van der Waals surface area contributed by atoms with Crippen LogP contribution in [0.15, 0.2) is 24.4 Å². The Balaban J connectivity index is 3.17. The lowest BCUT2D eigenvalue weighted by Crippen LogP contribution is -2.13. The van der Waals surface area contributed by atoms with Crippen LogP contribution in [0.4, 0.5) is 0 Å². The van der Waals surface area contributed by atoms with Crippen molar-refractivity contribution in [2.75, 3.05) is 6.54 Å². The molecule has 0 aromatic heterocycles. The van der Waals surface area contributed by atoms with Crippen molar-refractivity contribution < 1.29 is 0 Å². The van der Waals surface area contributed by atoms with Gasteiger partial charge in [-0.15, -0.1) is 6.58 Å². The van der Waals surface area contributed by atoms with Gasteiger partial charge in [0.25, 0.3) is 0 Å². The standard InChI is InChI=1S/C20H39N/c1-5-6-7-8-11-14-17-20(4)21-18-15-12-9-10-13-16-19(2)3/h21H,2,4-18H2,1,3H3. The van der Waals surface area contributed by atoms with E-state index in [4.69, 9.17) is 0 Å². The average molecular weight is 294 g/mol. The molecule has 0 aliphatic rings. The maximum absolute atomic E-state index is 4.13. The third-order valence-corrected chi connectivity index (χ3v) is 3.99. The molecule has 0 spiro atoms. The van der Waals surface area contributed by atoms with Crippen LogP contribution >= 0.6 is 0 Å². The van der Waals surface area contributed by atoms with Crippen LogP contribution in [0, 0.1) is 0 Å². The highest BCUT2D eigenvalue weighted by atomic mass is 14.9. The minimum Gasteiger partial charge on any atom is -0.389 e. The van der Waals surface area contributed by atoms with Crippen LogP contribution in [-0.4, -0.2) is 6.54 Å². The molecule has 0 saturated carbocycles. The van der Waals surface area contributed by atoms with Crippen LogP contribution in [-0.2, 0) is 0 Å². The van der Waals surface area contributed by atoms with Crippen LogP contribution in [0.5, 0.6) is 0 Å².